The second-order valence-electron chi connectivity index (χ2n) is 3.94. The number of aromatic nitrogens is 2. The molecular weight excluding hydrogens is 289 g/mol. The number of rotatable bonds is 2. The van der Waals surface area contributed by atoms with Gasteiger partial charge in [-0.2, -0.15) is 0 Å². The second-order valence-corrected chi connectivity index (χ2v) is 4.88. The number of halogens is 3. The molecule has 2 aromatic heterocycles. The summed E-state index contributed by atoms with van der Waals surface area (Å²) in [6, 6.07) is 7.34. The normalized spacial score (nSPS) is 11.8. The number of ether oxygens (including phenoxy) is 1. The topological polar surface area (TPSA) is 35.0 Å². The number of benzene rings is 1. The van der Waals surface area contributed by atoms with Crippen LogP contribution >= 0.6 is 11.3 Å². The summed E-state index contributed by atoms with van der Waals surface area (Å²) in [5.74, 6) is 0.201. The van der Waals surface area contributed by atoms with E-state index in [-0.39, 0.29) is 5.75 Å². The molecule has 0 N–H and O–H groups in total. The Bertz CT molecular complexity index is 737. The lowest BCUT2D eigenvalue weighted by atomic mass is 10.2. The predicted molar refractivity (Wildman–Crippen MR) is 69.5 cm³/mol. The first-order chi connectivity index (χ1) is 9.51. The average Bonchev–Trinajstić information content (AvgIpc) is 2.85. The van der Waals surface area contributed by atoms with E-state index in [0.29, 0.717) is 11.4 Å². The predicted octanol–water partition coefficient (Wildman–Crippen LogP) is 4.26. The summed E-state index contributed by atoms with van der Waals surface area (Å²) < 4.78 is 40.9. The molecule has 0 saturated heterocycles. The van der Waals surface area contributed by atoms with Gasteiger partial charge in [0.1, 0.15) is 5.75 Å². The largest absolute Gasteiger partial charge is 0.573 e. The molecule has 1 aromatic carbocycles. The van der Waals surface area contributed by atoms with Crippen LogP contribution in [0, 0.1) is 0 Å². The highest BCUT2D eigenvalue weighted by molar-refractivity contribution is 7.17. The molecule has 0 atom stereocenters. The van der Waals surface area contributed by atoms with Gasteiger partial charge in [0, 0.05) is 11.8 Å². The van der Waals surface area contributed by atoms with Gasteiger partial charge in [-0.15, -0.1) is 24.5 Å². The summed E-state index contributed by atoms with van der Waals surface area (Å²) in [4.78, 5) is 8.54. The van der Waals surface area contributed by atoms with Crippen LogP contribution in [0.15, 0.2) is 41.9 Å². The van der Waals surface area contributed by atoms with E-state index in [9.17, 15) is 13.2 Å². The van der Waals surface area contributed by atoms with Gasteiger partial charge in [0.05, 0.1) is 10.2 Å². The van der Waals surface area contributed by atoms with Crippen molar-refractivity contribution in [3.8, 4) is 17.1 Å². The van der Waals surface area contributed by atoms with Crippen molar-refractivity contribution in [2.75, 3.05) is 0 Å². The Hall–Kier alpha value is -2.15. The SMILES string of the molecule is FC(F)(F)Oc1ccc(-c2ncc3sccc3n2)cc1. The smallest absolute Gasteiger partial charge is 0.406 e. The summed E-state index contributed by atoms with van der Waals surface area (Å²) in [6.07, 6.45) is -2.99. The van der Waals surface area contributed by atoms with Gasteiger partial charge in [0.2, 0.25) is 0 Å². The molecule has 0 amide bonds. The number of fused-ring (bicyclic) bond motifs is 1. The monoisotopic (exact) mass is 296 g/mol. The van der Waals surface area contributed by atoms with Crippen molar-refractivity contribution in [2.45, 2.75) is 6.36 Å². The molecule has 7 heteroatoms. The van der Waals surface area contributed by atoms with Gasteiger partial charge < -0.3 is 4.74 Å². The fraction of sp³-hybridized carbons (Fsp3) is 0.0769. The van der Waals surface area contributed by atoms with Crippen LogP contribution in [0.3, 0.4) is 0 Å². The lowest BCUT2D eigenvalue weighted by Gasteiger charge is -2.08. The highest BCUT2D eigenvalue weighted by Gasteiger charge is 2.30. The molecule has 0 aliphatic rings. The van der Waals surface area contributed by atoms with Crippen molar-refractivity contribution in [2.24, 2.45) is 0 Å². The number of nitrogens with zero attached hydrogens (tertiary/aromatic N) is 2. The Balaban J connectivity index is 1.90. The fourth-order valence-corrected chi connectivity index (χ4v) is 2.40. The quantitative estimate of drug-likeness (QED) is 0.709. The van der Waals surface area contributed by atoms with E-state index >= 15 is 0 Å². The van der Waals surface area contributed by atoms with Gasteiger partial charge in [-0.05, 0) is 35.7 Å². The number of hydrogen-bond acceptors (Lipinski definition) is 4. The molecular formula is C13H7F3N2OS. The van der Waals surface area contributed by atoms with Crippen molar-refractivity contribution in [1.82, 2.24) is 9.97 Å². The maximum atomic E-state index is 12.1. The molecule has 0 aliphatic heterocycles. The fourth-order valence-electron chi connectivity index (χ4n) is 1.71. The minimum absolute atomic E-state index is 0.266. The van der Waals surface area contributed by atoms with Crippen molar-refractivity contribution < 1.29 is 17.9 Å². The molecule has 0 radical (unpaired) electrons. The van der Waals surface area contributed by atoms with Crippen molar-refractivity contribution in [3.63, 3.8) is 0 Å². The maximum Gasteiger partial charge on any atom is 0.573 e. The summed E-state index contributed by atoms with van der Waals surface area (Å²) in [6.45, 7) is 0. The van der Waals surface area contributed by atoms with Crippen LogP contribution in [0.2, 0.25) is 0 Å². The van der Waals surface area contributed by atoms with Crippen molar-refractivity contribution >= 4 is 21.6 Å². The Morgan fingerprint density at radius 2 is 1.80 bits per heavy atom. The van der Waals surface area contributed by atoms with Gasteiger partial charge in [0.15, 0.2) is 5.82 Å². The van der Waals surface area contributed by atoms with Crippen LogP contribution in [0.25, 0.3) is 21.6 Å². The number of hydrogen-bond donors (Lipinski definition) is 0. The summed E-state index contributed by atoms with van der Waals surface area (Å²) in [5, 5.41) is 1.91. The van der Waals surface area contributed by atoms with Gasteiger partial charge in [-0.3, -0.25) is 0 Å². The number of alkyl halides is 3. The molecule has 3 nitrogen and oxygen atoms in total. The molecule has 20 heavy (non-hydrogen) atoms. The zero-order chi connectivity index (χ0) is 14.2. The maximum absolute atomic E-state index is 12.1. The average molecular weight is 296 g/mol. The molecule has 0 unspecified atom stereocenters. The van der Waals surface area contributed by atoms with E-state index in [1.807, 2.05) is 11.4 Å². The van der Waals surface area contributed by atoms with E-state index in [2.05, 4.69) is 14.7 Å². The molecule has 3 rings (SSSR count). The highest BCUT2D eigenvalue weighted by atomic mass is 32.1. The molecule has 0 aliphatic carbocycles. The highest BCUT2D eigenvalue weighted by Crippen LogP contribution is 2.26. The molecule has 0 fully saturated rings. The van der Waals surface area contributed by atoms with Crippen LogP contribution in [0.1, 0.15) is 0 Å². The van der Waals surface area contributed by atoms with Crippen LogP contribution in [0.5, 0.6) is 5.75 Å². The standard InChI is InChI=1S/C13H7F3N2OS/c14-13(15,16)19-9-3-1-8(2-4-9)12-17-7-11-10(18-12)5-6-20-11/h1-7H. The van der Waals surface area contributed by atoms with E-state index < -0.39 is 6.36 Å². The minimum Gasteiger partial charge on any atom is -0.406 e. The van der Waals surface area contributed by atoms with Crippen LogP contribution < -0.4 is 4.74 Å². The van der Waals surface area contributed by atoms with Gasteiger partial charge in [0.25, 0.3) is 0 Å². The summed E-state index contributed by atoms with van der Waals surface area (Å²) in [5.41, 5.74) is 1.45. The third kappa shape index (κ3) is 2.72. The first kappa shape index (κ1) is 12.9. The van der Waals surface area contributed by atoms with E-state index in [0.717, 1.165) is 10.2 Å². The Morgan fingerprint density at radius 3 is 2.50 bits per heavy atom. The van der Waals surface area contributed by atoms with Crippen molar-refractivity contribution in [1.29, 1.82) is 0 Å². The van der Waals surface area contributed by atoms with E-state index in [1.54, 1.807) is 6.20 Å². The molecule has 3 aromatic rings. The summed E-state index contributed by atoms with van der Waals surface area (Å²) in [7, 11) is 0. The molecule has 0 spiro atoms. The Kier molecular flexibility index (Phi) is 3.06. The van der Waals surface area contributed by atoms with E-state index in [4.69, 9.17) is 0 Å². The third-order valence-corrected chi connectivity index (χ3v) is 3.39. The second kappa shape index (κ2) is 4.75. The first-order valence-corrected chi connectivity index (χ1v) is 6.46. The molecule has 2 heterocycles. The van der Waals surface area contributed by atoms with Gasteiger partial charge in [-0.1, -0.05) is 0 Å². The first-order valence-electron chi connectivity index (χ1n) is 5.58. The van der Waals surface area contributed by atoms with E-state index in [1.165, 1.54) is 35.6 Å². The number of thiophene rings is 1. The van der Waals surface area contributed by atoms with Crippen LogP contribution in [0.4, 0.5) is 13.2 Å². The third-order valence-electron chi connectivity index (χ3n) is 2.55. The Labute approximate surface area is 115 Å². The molecule has 0 bridgehead atoms. The lowest BCUT2D eigenvalue weighted by Crippen LogP contribution is -2.16. The van der Waals surface area contributed by atoms with Crippen LogP contribution in [-0.4, -0.2) is 16.3 Å². The molecule has 102 valence electrons. The van der Waals surface area contributed by atoms with Crippen molar-refractivity contribution in [3.05, 3.63) is 41.9 Å². The lowest BCUT2D eigenvalue weighted by molar-refractivity contribution is -0.274. The Morgan fingerprint density at radius 1 is 1.05 bits per heavy atom. The zero-order valence-electron chi connectivity index (χ0n) is 9.89. The zero-order valence-corrected chi connectivity index (χ0v) is 10.7. The van der Waals surface area contributed by atoms with Gasteiger partial charge >= 0.3 is 6.36 Å². The van der Waals surface area contributed by atoms with Gasteiger partial charge in [-0.25, -0.2) is 9.97 Å². The minimum atomic E-state index is -4.69. The summed E-state index contributed by atoms with van der Waals surface area (Å²) >= 11 is 1.53. The molecule has 0 saturated carbocycles. The van der Waals surface area contributed by atoms with Crippen LogP contribution in [-0.2, 0) is 0 Å².